The number of rotatable bonds is 5. The first-order valence-electron chi connectivity index (χ1n) is 8.23. The van der Waals surface area contributed by atoms with Crippen LogP contribution in [0.15, 0.2) is 36.1 Å². The van der Waals surface area contributed by atoms with E-state index in [2.05, 4.69) is 0 Å². The molecule has 10 nitrogen and oxygen atoms in total. The summed E-state index contributed by atoms with van der Waals surface area (Å²) in [5.41, 5.74) is 3.91. The molecule has 1 aromatic carbocycles. The smallest absolute Gasteiger partial charge is 0.334 e. The molecule has 2 unspecified atom stereocenters. The lowest BCUT2D eigenvalue weighted by Crippen LogP contribution is -2.78. The third kappa shape index (κ3) is 3.02. The van der Waals surface area contributed by atoms with Crippen molar-refractivity contribution in [1.82, 2.24) is 4.90 Å². The maximum absolute atomic E-state index is 12.5. The quantitative estimate of drug-likeness (QED) is 0.235. The molecule has 3 rings (SSSR count). The van der Waals surface area contributed by atoms with Crippen LogP contribution in [-0.2, 0) is 25.5 Å². The van der Waals surface area contributed by atoms with Crippen molar-refractivity contribution in [3.63, 3.8) is 0 Å². The van der Waals surface area contributed by atoms with E-state index in [0.717, 1.165) is 18.1 Å². The SMILES string of the molecule is CC(=O)O/C=C1/CS[C@@H]2C(N)C(=O)N2C1(Cc1ccccc1[N+](=O)[O-])C(=O)O. The monoisotopic (exact) mass is 407 g/mol. The van der Waals surface area contributed by atoms with Crippen LogP contribution in [0.3, 0.4) is 0 Å². The minimum absolute atomic E-state index is 0.141. The van der Waals surface area contributed by atoms with Crippen molar-refractivity contribution < 1.29 is 29.2 Å². The molecule has 1 amide bonds. The first-order chi connectivity index (χ1) is 13.2. The molecule has 0 saturated carbocycles. The minimum atomic E-state index is -1.94. The standard InChI is InChI=1S/C17H17N3O7S/c1-9(21)27-7-11-8-28-15-13(18)14(22)19(15)17(11,16(23)24)6-10-4-2-3-5-12(10)20(25)26/h2-5,7,13,15H,6,8,18H2,1H3,(H,23,24)/b11-7-/t13?,15-,17?/m1/s1. The lowest BCUT2D eigenvalue weighted by Gasteiger charge is -2.57. The number of β-lactam (4-membered cyclic amide) rings is 1. The zero-order chi connectivity index (χ0) is 20.6. The van der Waals surface area contributed by atoms with Crippen molar-refractivity contribution in [3.8, 4) is 0 Å². The van der Waals surface area contributed by atoms with Crippen molar-refractivity contribution in [2.75, 3.05) is 5.75 Å². The van der Waals surface area contributed by atoms with Gasteiger partial charge in [-0.25, -0.2) is 4.79 Å². The summed E-state index contributed by atoms with van der Waals surface area (Å²) in [4.78, 5) is 48.1. The number of nitrogens with two attached hydrogens (primary N) is 1. The minimum Gasteiger partial charge on any atom is -0.479 e. The van der Waals surface area contributed by atoms with Crippen LogP contribution in [0.1, 0.15) is 12.5 Å². The summed E-state index contributed by atoms with van der Waals surface area (Å²) in [5, 5.41) is 20.9. The number of carboxylic acid groups (broad SMARTS) is 1. The van der Waals surface area contributed by atoms with Crippen LogP contribution in [0.4, 0.5) is 5.69 Å². The topological polar surface area (TPSA) is 153 Å². The summed E-state index contributed by atoms with van der Waals surface area (Å²) in [5.74, 6) is -2.47. The van der Waals surface area contributed by atoms with Crippen LogP contribution in [0.25, 0.3) is 0 Å². The van der Waals surface area contributed by atoms with Crippen molar-refractivity contribution in [2.24, 2.45) is 5.73 Å². The van der Waals surface area contributed by atoms with Gasteiger partial charge < -0.3 is 20.5 Å². The third-order valence-electron chi connectivity index (χ3n) is 4.79. The molecule has 2 fully saturated rings. The van der Waals surface area contributed by atoms with Gasteiger partial charge in [0, 0.05) is 36.3 Å². The van der Waals surface area contributed by atoms with Crippen LogP contribution in [-0.4, -0.2) is 55.5 Å². The van der Waals surface area contributed by atoms with Gasteiger partial charge in [-0.2, -0.15) is 0 Å². The summed E-state index contributed by atoms with van der Waals surface area (Å²) < 4.78 is 4.89. The zero-order valence-corrected chi connectivity index (χ0v) is 15.5. The average Bonchev–Trinajstić information content (AvgIpc) is 2.65. The van der Waals surface area contributed by atoms with Crippen molar-refractivity contribution in [1.29, 1.82) is 0 Å². The third-order valence-corrected chi connectivity index (χ3v) is 6.12. The summed E-state index contributed by atoms with van der Waals surface area (Å²) in [6, 6.07) is 4.86. The number of nitro benzene ring substituents is 1. The van der Waals surface area contributed by atoms with Gasteiger partial charge in [0.25, 0.3) is 5.69 Å². The highest BCUT2D eigenvalue weighted by molar-refractivity contribution is 8.00. The van der Waals surface area contributed by atoms with Crippen LogP contribution < -0.4 is 5.73 Å². The zero-order valence-electron chi connectivity index (χ0n) is 14.7. The molecule has 0 aliphatic carbocycles. The number of nitrogens with zero attached hydrogens (tertiary/aromatic N) is 2. The van der Waals surface area contributed by atoms with Crippen molar-refractivity contribution >= 4 is 35.3 Å². The van der Waals surface area contributed by atoms with Gasteiger partial charge in [-0.3, -0.25) is 19.7 Å². The Kier molecular flexibility index (Phi) is 5.13. The summed E-state index contributed by atoms with van der Waals surface area (Å²) in [6.07, 6.45) is 0.660. The van der Waals surface area contributed by atoms with Gasteiger partial charge in [-0.05, 0) is 0 Å². The second-order valence-corrected chi connectivity index (χ2v) is 7.52. The molecule has 11 heteroatoms. The van der Waals surface area contributed by atoms with E-state index in [0.29, 0.717) is 0 Å². The average molecular weight is 407 g/mol. The number of fused-ring (bicyclic) bond motifs is 1. The highest BCUT2D eigenvalue weighted by Crippen LogP contribution is 2.48. The van der Waals surface area contributed by atoms with Gasteiger partial charge in [0.15, 0.2) is 5.54 Å². The number of carbonyl (C=O) groups excluding carboxylic acids is 2. The molecule has 2 aliphatic heterocycles. The number of ether oxygens (including phenoxy) is 1. The van der Waals surface area contributed by atoms with E-state index in [1.807, 2.05) is 0 Å². The molecule has 1 aromatic rings. The predicted molar refractivity (Wildman–Crippen MR) is 98.1 cm³/mol. The molecule has 0 bridgehead atoms. The number of amides is 1. The first kappa shape index (κ1) is 19.8. The molecule has 3 atom stereocenters. The Hall–Kier alpha value is -2.92. The highest BCUT2D eigenvalue weighted by Gasteiger charge is 2.63. The maximum Gasteiger partial charge on any atom is 0.334 e. The van der Waals surface area contributed by atoms with Crippen LogP contribution in [0, 0.1) is 10.1 Å². The van der Waals surface area contributed by atoms with E-state index in [4.69, 9.17) is 10.5 Å². The number of hydrogen-bond acceptors (Lipinski definition) is 8. The van der Waals surface area contributed by atoms with Crippen LogP contribution >= 0.6 is 11.8 Å². The molecule has 2 saturated heterocycles. The Morgan fingerprint density at radius 2 is 2.18 bits per heavy atom. The van der Waals surface area contributed by atoms with E-state index in [9.17, 15) is 29.6 Å². The fraction of sp³-hybridized carbons (Fsp3) is 0.353. The van der Waals surface area contributed by atoms with Gasteiger partial charge in [-0.15, -0.1) is 11.8 Å². The molecule has 2 heterocycles. The van der Waals surface area contributed by atoms with Crippen molar-refractivity contribution in [2.45, 2.75) is 30.3 Å². The molecule has 28 heavy (non-hydrogen) atoms. The number of carboxylic acids is 1. The number of aliphatic carboxylic acids is 1. The van der Waals surface area contributed by atoms with Gasteiger partial charge in [-0.1, -0.05) is 18.2 Å². The van der Waals surface area contributed by atoms with Gasteiger partial charge in [0.1, 0.15) is 11.4 Å². The second-order valence-electron chi connectivity index (χ2n) is 6.42. The molecule has 0 aromatic heterocycles. The van der Waals surface area contributed by atoms with E-state index in [-0.39, 0.29) is 29.0 Å². The Bertz CT molecular complexity index is 902. The maximum atomic E-state index is 12.5. The van der Waals surface area contributed by atoms with E-state index < -0.39 is 39.7 Å². The number of hydrogen-bond donors (Lipinski definition) is 2. The molecule has 0 radical (unpaired) electrons. The first-order valence-corrected chi connectivity index (χ1v) is 9.28. The highest BCUT2D eigenvalue weighted by atomic mass is 32.2. The van der Waals surface area contributed by atoms with E-state index in [1.54, 1.807) is 6.07 Å². The number of carbonyl (C=O) groups is 3. The fourth-order valence-corrected chi connectivity index (χ4v) is 4.85. The Morgan fingerprint density at radius 1 is 1.50 bits per heavy atom. The lowest BCUT2D eigenvalue weighted by molar-refractivity contribution is -0.385. The summed E-state index contributed by atoms with van der Waals surface area (Å²) >= 11 is 1.25. The second kappa shape index (κ2) is 7.24. The van der Waals surface area contributed by atoms with Gasteiger partial charge >= 0.3 is 11.9 Å². The molecule has 3 N–H and O–H groups in total. The number of thioether (sulfide) groups is 1. The normalized spacial score (nSPS) is 27.7. The largest absolute Gasteiger partial charge is 0.479 e. The fourth-order valence-electron chi connectivity index (χ4n) is 3.43. The molecular formula is C17H17N3O7S. The molecule has 0 spiro atoms. The number of para-hydroxylation sites is 1. The summed E-state index contributed by atoms with van der Waals surface area (Å²) in [6.45, 7) is 1.16. The van der Waals surface area contributed by atoms with Gasteiger partial charge in [0.05, 0.1) is 11.2 Å². The lowest BCUT2D eigenvalue weighted by atomic mass is 9.79. The van der Waals surface area contributed by atoms with E-state index >= 15 is 0 Å². The van der Waals surface area contributed by atoms with Crippen LogP contribution in [0.5, 0.6) is 0 Å². The van der Waals surface area contributed by atoms with Crippen molar-refractivity contribution in [3.05, 3.63) is 51.8 Å². The van der Waals surface area contributed by atoms with Crippen LogP contribution in [0.2, 0.25) is 0 Å². The Labute approximate surface area is 163 Å². The Morgan fingerprint density at radius 3 is 2.79 bits per heavy atom. The summed E-state index contributed by atoms with van der Waals surface area (Å²) in [7, 11) is 0. The molecular weight excluding hydrogens is 390 g/mol. The Balaban J connectivity index is 2.15. The number of nitro groups is 1. The van der Waals surface area contributed by atoms with E-state index in [1.165, 1.54) is 30.0 Å². The molecule has 148 valence electrons. The predicted octanol–water partition coefficient (Wildman–Crippen LogP) is 0.650. The number of esters is 1. The van der Waals surface area contributed by atoms with Gasteiger partial charge in [0.2, 0.25) is 5.91 Å². The molecule has 2 aliphatic rings. The number of benzene rings is 1.